The van der Waals surface area contributed by atoms with E-state index in [2.05, 4.69) is 32.7 Å². The van der Waals surface area contributed by atoms with E-state index in [0.29, 0.717) is 18.9 Å². The number of hydrogen-bond donors (Lipinski definition) is 2. The van der Waals surface area contributed by atoms with Crippen LogP contribution in [-0.2, 0) is 11.2 Å². The van der Waals surface area contributed by atoms with E-state index in [4.69, 9.17) is 9.47 Å². The third kappa shape index (κ3) is 8.20. The molecule has 170 valence electrons. The number of ether oxygens (including phenoxy) is 2. The third-order valence-corrected chi connectivity index (χ3v) is 5.33. The van der Waals surface area contributed by atoms with Gasteiger partial charge in [0.15, 0.2) is 17.5 Å². The highest BCUT2D eigenvalue weighted by Gasteiger charge is 2.22. The van der Waals surface area contributed by atoms with E-state index in [0.717, 1.165) is 62.8 Å². The van der Waals surface area contributed by atoms with Gasteiger partial charge in [0.25, 0.3) is 0 Å². The van der Waals surface area contributed by atoms with Crippen LogP contribution in [0.3, 0.4) is 0 Å². The smallest absolute Gasteiger partial charge is 0.220 e. The van der Waals surface area contributed by atoms with Gasteiger partial charge in [0.2, 0.25) is 5.91 Å². The summed E-state index contributed by atoms with van der Waals surface area (Å²) < 4.78 is 11.0. The Morgan fingerprint density at radius 1 is 1.27 bits per heavy atom. The van der Waals surface area contributed by atoms with Crippen LogP contribution in [0, 0.1) is 5.92 Å². The van der Waals surface area contributed by atoms with Crippen LogP contribution < -0.4 is 20.1 Å². The number of nitrogens with zero attached hydrogens (tertiary/aromatic N) is 2. The molecule has 0 atom stereocenters. The second kappa shape index (κ2) is 14.3. The molecule has 1 fully saturated rings. The van der Waals surface area contributed by atoms with E-state index in [9.17, 15) is 4.79 Å². The van der Waals surface area contributed by atoms with Crippen molar-refractivity contribution in [2.45, 2.75) is 39.0 Å². The number of aliphatic imine (C=N–C) groups is 1. The molecule has 8 heteroatoms. The van der Waals surface area contributed by atoms with Crippen molar-refractivity contribution in [3.05, 3.63) is 23.8 Å². The lowest BCUT2D eigenvalue weighted by molar-refractivity contribution is -0.121. The topological polar surface area (TPSA) is 75.2 Å². The summed E-state index contributed by atoms with van der Waals surface area (Å²) in [6, 6.07) is 6.12. The van der Waals surface area contributed by atoms with Gasteiger partial charge in [-0.3, -0.25) is 9.79 Å². The SMILES string of the molecule is CCOc1cc(CCCNC(=NC)N2CCC(CC(=O)NC)CC2)ccc1OC.I. The van der Waals surface area contributed by atoms with Crippen molar-refractivity contribution >= 4 is 35.8 Å². The summed E-state index contributed by atoms with van der Waals surface area (Å²) in [4.78, 5) is 18.3. The predicted octanol–water partition coefficient (Wildman–Crippen LogP) is 3.07. The van der Waals surface area contributed by atoms with Crippen LogP contribution in [0.25, 0.3) is 0 Å². The number of benzene rings is 1. The van der Waals surface area contributed by atoms with Gasteiger partial charge in [-0.05, 0) is 56.2 Å². The fourth-order valence-electron chi connectivity index (χ4n) is 3.68. The van der Waals surface area contributed by atoms with Crippen molar-refractivity contribution in [2.24, 2.45) is 10.9 Å². The Kier molecular flexibility index (Phi) is 12.6. The first-order chi connectivity index (χ1) is 14.1. The van der Waals surface area contributed by atoms with Crippen LogP contribution >= 0.6 is 24.0 Å². The molecular weight excluding hydrogens is 495 g/mol. The molecule has 0 aliphatic carbocycles. The maximum absolute atomic E-state index is 11.6. The molecule has 1 amide bonds. The van der Waals surface area contributed by atoms with Crippen LogP contribution in [0.5, 0.6) is 11.5 Å². The monoisotopic (exact) mass is 532 g/mol. The minimum atomic E-state index is 0. The largest absolute Gasteiger partial charge is 0.493 e. The van der Waals surface area contributed by atoms with E-state index in [1.165, 1.54) is 5.56 Å². The van der Waals surface area contributed by atoms with Gasteiger partial charge in [0.05, 0.1) is 13.7 Å². The lowest BCUT2D eigenvalue weighted by Gasteiger charge is -2.34. The van der Waals surface area contributed by atoms with E-state index < -0.39 is 0 Å². The van der Waals surface area contributed by atoms with Crippen LogP contribution in [0.4, 0.5) is 0 Å². The zero-order chi connectivity index (χ0) is 21.1. The fourth-order valence-corrected chi connectivity index (χ4v) is 3.68. The zero-order valence-corrected chi connectivity index (χ0v) is 21.0. The minimum Gasteiger partial charge on any atom is -0.493 e. The number of piperidine rings is 1. The molecule has 0 aromatic heterocycles. The average molecular weight is 532 g/mol. The summed E-state index contributed by atoms with van der Waals surface area (Å²) in [5, 5.41) is 6.20. The van der Waals surface area contributed by atoms with Gasteiger partial charge in [-0.1, -0.05) is 6.07 Å². The van der Waals surface area contributed by atoms with Crippen molar-refractivity contribution < 1.29 is 14.3 Å². The van der Waals surface area contributed by atoms with Crippen molar-refractivity contribution in [3.8, 4) is 11.5 Å². The summed E-state index contributed by atoms with van der Waals surface area (Å²) >= 11 is 0. The molecule has 0 bridgehead atoms. The van der Waals surface area contributed by atoms with Gasteiger partial charge in [-0.2, -0.15) is 0 Å². The number of carbonyl (C=O) groups excluding carboxylic acids is 1. The number of carbonyl (C=O) groups is 1. The summed E-state index contributed by atoms with van der Waals surface area (Å²) in [6.07, 6.45) is 4.65. The summed E-state index contributed by atoms with van der Waals surface area (Å²) in [5.74, 6) is 3.13. The molecule has 7 nitrogen and oxygen atoms in total. The second-order valence-corrected chi connectivity index (χ2v) is 7.30. The Balaban J connectivity index is 0.00000450. The molecule has 2 rings (SSSR count). The lowest BCUT2D eigenvalue weighted by atomic mass is 9.93. The molecule has 1 aliphatic rings. The zero-order valence-electron chi connectivity index (χ0n) is 18.7. The highest BCUT2D eigenvalue weighted by atomic mass is 127. The molecule has 1 heterocycles. The van der Waals surface area contributed by atoms with Gasteiger partial charge >= 0.3 is 0 Å². The average Bonchev–Trinajstić information content (AvgIpc) is 2.75. The highest BCUT2D eigenvalue weighted by Crippen LogP contribution is 2.28. The molecule has 0 unspecified atom stereocenters. The van der Waals surface area contributed by atoms with Crippen molar-refractivity contribution in [2.75, 3.05) is 47.4 Å². The number of nitrogens with one attached hydrogen (secondary N) is 2. The molecule has 0 saturated carbocycles. The van der Waals surface area contributed by atoms with Gasteiger partial charge in [0.1, 0.15) is 0 Å². The maximum atomic E-state index is 11.6. The molecule has 1 aromatic rings. The van der Waals surface area contributed by atoms with Crippen LogP contribution in [-0.4, -0.2) is 64.2 Å². The van der Waals surface area contributed by atoms with Crippen molar-refractivity contribution in [1.29, 1.82) is 0 Å². The standard InChI is InChI=1S/C22H36N4O3.HI/c1-5-29-20-15-17(8-9-19(20)28-4)7-6-12-25-22(24-3)26-13-10-18(11-14-26)16-21(27)23-2;/h8-9,15,18H,5-7,10-14,16H2,1-4H3,(H,23,27)(H,24,25);1H. The highest BCUT2D eigenvalue weighted by molar-refractivity contribution is 14.0. The van der Waals surface area contributed by atoms with E-state index in [-0.39, 0.29) is 29.9 Å². The number of methoxy groups -OCH3 is 1. The molecule has 1 saturated heterocycles. The normalized spacial score (nSPS) is 14.7. The van der Waals surface area contributed by atoms with E-state index in [1.54, 1.807) is 14.2 Å². The van der Waals surface area contributed by atoms with Crippen LogP contribution in [0.15, 0.2) is 23.2 Å². The molecule has 1 aromatic carbocycles. The molecule has 0 spiro atoms. The van der Waals surface area contributed by atoms with Gasteiger partial charge < -0.3 is 25.0 Å². The Bertz CT molecular complexity index is 676. The minimum absolute atomic E-state index is 0. The second-order valence-electron chi connectivity index (χ2n) is 7.30. The number of guanidine groups is 1. The quantitative estimate of drug-likeness (QED) is 0.221. The van der Waals surface area contributed by atoms with Gasteiger partial charge in [-0.15, -0.1) is 24.0 Å². The van der Waals surface area contributed by atoms with Crippen LogP contribution in [0.2, 0.25) is 0 Å². The first-order valence-corrected chi connectivity index (χ1v) is 10.6. The Morgan fingerprint density at radius 2 is 2.00 bits per heavy atom. The number of amides is 1. The first kappa shape index (κ1) is 26.3. The van der Waals surface area contributed by atoms with Crippen molar-refractivity contribution in [1.82, 2.24) is 15.5 Å². The summed E-state index contributed by atoms with van der Waals surface area (Å²) in [7, 11) is 5.19. The molecule has 1 aliphatic heterocycles. The number of halogens is 1. The maximum Gasteiger partial charge on any atom is 0.220 e. The lowest BCUT2D eigenvalue weighted by Crippen LogP contribution is -2.46. The van der Waals surface area contributed by atoms with Crippen LogP contribution in [0.1, 0.15) is 38.2 Å². The fraction of sp³-hybridized carbons (Fsp3) is 0.636. The number of hydrogen-bond acceptors (Lipinski definition) is 4. The van der Waals surface area contributed by atoms with E-state index >= 15 is 0 Å². The van der Waals surface area contributed by atoms with E-state index in [1.807, 2.05) is 20.0 Å². The molecule has 0 radical (unpaired) electrons. The molecule has 30 heavy (non-hydrogen) atoms. The van der Waals surface area contributed by atoms with Gasteiger partial charge in [-0.25, -0.2) is 0 Å². The molecule has 2 N–H and O–H groups in total. The molecular formula is C22H37IN4O3. The predicted molar refractivity (Wildman–Crippen MR) is 132 cm³/mol. The summed E-state index contributed by atoms with van der Waals surface area (Å²) in [5.41, 5.74) is 1.24. The Hall–Kier alpha value is -1.71. The first-order valence-electron chi connectivity index (χ1n) is 10.6. The third-order valence-electron chi connectivity index (χ3n) is 5.33. The number of likely N-dealkylation sites (tertiary alicyclic amines) is 1. The Labute approximate surface area is 198 Å². The summed E-state index contributed by atoms with van der Waals surface area (Å²) in [6.45, 7) is 5.34. The Morgan fingerprint density at radius 3 is 2.60 bits per heavy atom. The van der Waals surface area contributed by atoms with Gasteiger partial charge in [0, 0.05) is 40.2 Å². The number of aryl methyl sites for hydroxylation is 1. The number of rotatable bonds is 9. The van der Waals surface area contributed by atoms with Crippen molar-refractivity contribution in [3.63, 3.8) is 0 Å².